The smallest absolute Gasteiger partial charge is 0.136 e. The maximum atomic E-state index is 10.6. The Morgan fingerprint density at radius 2 is 1.96 bits per heavy atom. The zero-order valence-electron chi connectivity index (χ0n) is 14.3. The van der Waals surface area contributed by atoms with Crippen LogP contribution >= 0.6 is 0 Å². The molecule has 0 aliphatic rings. The summed E-state index contributed by atoms with van der Waals surface area (Å²) in [6.07, 6.45) is 2.00. The van der Waals surface area contributed by atoms with Crippen LogP contribution in [0.15, 0.2) is 53.1 Å². The van der Waals surface area contributed by atoms with Gasteiger partial charge in [0.1, 0.15) is 17.1 Å². The van der Waals surface area contributed by atoms with Gasteiger partial charge in [-0.3, -0.25) is 4.68 Å². The normalized spacial score (nSPS) is 13.8. The first kappa shape index (κ1) is 16.5. The van der Waals surface area contributed by atoms with Gasteiger partial charge in [-0.25, -0.2) is 0 Å². The maximum Gasteiger partial charge on any atom is 0.136 e. The van der Waals surface area contributed by atoms with Gasteiger partial charge in [-0.2, -0.15) is 5.10 Å². The lowest BCUT2D eigenvalue weighted by atomic mass is 10.0. The number of hydrogen-bond donors (Lipinski definition) is 2. The predicted octanol–water partition coefficient (Wildman–Crippen LogP) is 2.99. The quantitative estimate of drug-likeness (QED) is 0.731. The van der Waals surface area contributed by atoms with Gasteiger partial charge in [0.2, 0.25) is 0 Å². The van der Waals surface area contributed by atoms with Crippen molar-refractivity contribution in [3.63, 3.8) is 0 Å². The van der Waals surface area contributed by atoms with Gasteiger partial charge in [0.05, 0.1) is 5.69 Å². The molecule has 0 spiro atoms. The summed E-state index contributed by atoms with van der Waals surface area (Å²) in [5.41, 5.74) is 2.08. The van der Waals surface area contributed by atoms with Gasteiger partial charge in [0, 0.05) is 37.5 Å². The molecule has 0 saturated carbocycles. The fraction of sp³-hybridized carbons (Fsp3) is 0.316. The SMILES string of the molecule is Cc1ccc(C(C)(O)CNCc2cn(C)nc2-c2ccccc2)o1. The van der Waals surface area contributed by atoms with Crippen LogP contribution in [-0.2, 0) is 19.2 Å². The van der Waals surface area contributed by atoms with Gasteiger partial charge in [-0.15, -0.1) is 0 Å². The van der Waals surface area contributed by atoms with E-state index < -0.39 is 5.60 Å². The minimum Gasteiger partial charge on any atom is -0.463 e. The minimum atomic E-state index is -1.05. The lowest BCUT2D eigenvalue weighted by molar-refractivity contribution is 0.0333. The van der Waals surface area contributed by atoms with Crippen molar-refractivity contribution < 1.29 is 9.52 Å². The molecule has 3 rings (SSSR count). The molecule has 5 heteroatoms. The van der Waals surface area contributed by atoms with Crippen LogP contribution in [0, 0.1) is 6.92 Å². The molecule has 0 bridgehead atoms. The molecule has 1 aromatic carbocycles. The molecule has 0 saturated heterocycles. The Hall–Kier alpha value is -2.37. The number of aliphatic hydroxyl groups is 1. The Morgan fingerprint density at radius 1 is 1.21 bits per heavy atom. The van der Waals surface area contributed by atoms with Crippen LogP contribution in [0.1, 0.15) is 24.0 Å². The van der Waals surface area contributed by atoms with Crippen molar-refractivity contribution in [2.24, 2.45) is 7.05 Å². The Morgan fingerprint density at radius 3 is 2.62 bits per heavy atom. The zero-order valence-corrected chi connectivity index (χ0v) is 14.3. The standard InChI is InChI=1S/C19H23N3O2/c1-14-9-10-17(24-14)19(2,23)13-20-11-16-12-22(3)21-18(16)15-7-5-4-6-8-15/h4-10,12,20,23H,11,13H2,1-3H3. The summed E-state index contributed by atoms with van der Waals surface area (Å²) in [5.74, 6) is 1.37. The summed E-state index contributed by atoms with van der Waals surface area (Å²) in [4.78, 5) is 0. The number of furan rings is 1. The molecule has 2 N–H and O–H groups in total. The van der Waals surface area contributed by atoms with Gasteiger partial charge in [-0.1, -0.05) is 30.3 Å². The first-order valence-electron chi connectivity index (χ1n) is 8.04. The second kappa shape index (κ2) is 6.63. The van der Waals surface area contributed by atoms with Gasteiger partial charge in [-0.05, 0) is 26.0 Å². The van der Waals surface area contributed by atoms with Crippen molar-refractivity contribution in [3.05, 3.63) is 65.7 Å². The molecular weight excluding hydrogens is 302 g/mol. The number of hydrogen-bond acceptors (Lipinski definition) is 4. The van der Waals surface area contributed by atoms with Crippen molar-refractivity contribution in [3.8, 4) is 11.3 Å². The monoisotopic (exact) mass is 325 g/mol. The summed E-state index contributed by atoms with van der Waals surface area (Å²) in [6.45, 7) is 4.63. The molecule has 0 aliphatic heterocycles. The summed E-state index contributed by atoms with van der Waals surface area (Å²) in [6, 6.07) is 13.8. The largest absolute Gasteiger partial charge is 0.463 e. The highest BCUT2D eigenvalue weighted by Gasteiger charge is 2.26. The number of aromatic nitrogens is 2. The van der Waals surface area contributed by atoms with E-state index in [-0.39, 0.29) is 0 Å². The predicted molar refractivity (Wildman–Crippen MR) is 93.4 cm³/mol. The van der Waals surface area contributed by atoms with E-state index in [9.17, 15) is 5.11 Å². The van der Waals surface area contributed by atoms with Crippen LogP contribution < -0.4 is 5.32 Å². The summed E-state index contributed by atoms with van der Waals surface area (Å²) in [5, 5.41) is 18.5. The second-order valence-corrected chi connectivity index (χ2v) is 6.33. The average Bonchev–Trinajstić information content (AvgIpc) is 3.14. The summed E-state index contributed by atoms with van der Waals surface area (Å²) >= 11 is 0. The third-order valence-corrected chi connectivity index (χ3v) is 4.01. The lowest BCUT2D eigenvalue weighted by Gasteiger charge is -2.21. The molecule has 1 unspecified atom stereocenters. The lowest BCUT2D eigenvalue weighted by Crippen LogP contribution is -2.34. The van der Waals surface area contributed by atoms with E-state index in [1.807, 2.05) is 67.3 Å². The number of nitrogens with one attached hydrogen (secondary N) is 1. The number of nitrogens with zero attached hydrogens (tertiary/aromatic N) is 2. The highest BCUT2D eigenvalue weighted by atomic mass is 16.4. The minimum absolute atomic E-state index is 0.392. The molecular formula is C19H23N3O2. The summed E-state index contributed by atoms with van der Waals surface area (Å²) < 4.78 is 7.35. The van der Waals surface area contributed by atoms with E-state index in [4.69, 9.17) is 4.42 Å². The third-order valence-electron chi connectivity index (χ3n) is 4.01. The van der Waals surface area contributed by atoms with Crippen molar-refractivity contribution in [1.29, 1.82) is 0 Å². The van der Waals surface area contributed by atoms with E-state index in [1.54, 1.807) is 6.92 Å². The van der Waals surface area contributed by atoms with Crippen LogP contribution in [0.2, 0.25) is 0 Å². The van der Waals surface area contributed by atoms with Gasteiger partial charge in [0.15, 0.2) is 0 Å². The second-order valence-electron chi connectivity index (χ2n) is 6.33. The van der Waals surface area contributed by atoms with E-state index in [0.717, 1.165) is 22.6 Å². The molecule has 1 atom stereocenters. The van der Waals surface area contributed by atoms with Crippen LogP contribution in [0.4, 0.5) is 0 Å². The van der Waals surface area contributed by atoms with Crippen molar-refractivity contribution in [2.45, 2.75) is 26.0 Å². The molecule has 2 aromatic heterocycles. The first-order valence-corrected chi connectivity index (χ1v) is 8.04. The van der Waals surface area contributed by atoms with Crippen LogP contribution in [0.25, 0.3) is 11.3 Å². The van der Waals surface area contributed by atoms with Crippen molar-refractivity contribution in [1.82, 2.24) is 15.1 Å². The molecule has 0 amide bonds. The van der Waals surface area contributed by atoms with Gasteiger partial charge < -0.3 is 14.8 Å². The molecule has 0 fully saturated rings. The van der Waals surface area contributed by atoms with E-state index in [1.165, 1.54) is 0 Å². The Balaban J connectivity index is 1.69. The number of aryl methyl sites for hydroxylation is 2. The topological polar surface area (TPSA) is 63.2 Å². The highest BCUT2D eigenvalue weighted by molar-refractivity contribution is 5.62. The number of rotatable bonds is 6. The average molecular weight is 325 g/mol. The Labute approximate surface area is 141 Å². The molecule has 126 valence electrons. The van der Waals surface area contributed by atoms with Crippen LogP contribution in [-0.4, -0.2) is 21.4 Å². The molecule has 24 heavy (non-hydrogen) atoms. The van der Waals surface area contributed by atoms with Gasteiger partial charge in [0.25, 0.3) is 0 Å². The van der Waals surface area contributed by atoms with E-state index >= 15 is 0 Å². The van der Waals surface area contributed by atoms with Crippen molar-refractivity contribution >= 4 is 0 Å². The Bertz CT molecular complexity index is 803. The highest BCUT2D eigenvalue weighted by Crippen LogP contribution is 2.24. The Kier molecular flexibility index (Phi) is 4.55. The fourth-order valence-corrected chi connectivity index (χ4v) is 2.76. The van der Waals surface area contributed by atoms with Crippen molar-refractivity contribution in [2.75, 3.05) is 6.54 Å². The molecule has 0 aliphatic carbocycles. The molecule has 3 aromatic rings. The van der Waals surface area contributed by atoms with E-state index in [2.05, 4.69) is 10.4 Å². The van der Waals surface area contributed by atoms with Gasteiger partial charge >= 0.3 is 0 Å². The van der Waals surface area contributed by atoms with Crippen LogP contribution in [0.3, 0.4) is 0 Å². The number of benzene rings is 1. The zero-order chi connectivity index (χ0) is 17.2. The molecule has 5 nitrogen and oxygen atoms in total. The molecule has 2 heterocycles. The van der Waals surface area contributed by atoms with E-state index in [0.29, 0.717) is 18.8 Å². The summed E-state index contributed by atoms with van der Waals surface area (Å²) in [7, 11) is 1.91. The first-order chi connectivity index (χ1) is 11.5. The van der Waals surface area contributed by atoms with Crippen LogP contribution in [0.5, 0.6) is 0 Å². The molecule has 0 radical (unpaired) electrons. The maximum absolute atomic E-state index is 10.6. The fourth-order valence-electron chi connectivity index (χ4n) is 2.76. The third kappa shape index (κ3) is 3.58.